The van der Waals surface area contributed by atoms with Gasteiger partial charge >= 0.3 is 0 Å². The third kappa shape index (κ3) is 9.73. The number of anilines is 4. The summed E-state index contributed by atoms with van der Waals surface area (Å²) in [6.07, 6.45) is 6.11. The second-order valence-electron chi connectivity index (χ2n) is 25.9. The highest BCUT2D eigenvalue weighted by Gasteiger charge is 2.69. The van der Waals surface area contributed by atoms with Crippen LogP contribution < -0.4 is 19.6 Å². The zero-order valence-electron chi connectivity index (χ0n) is 54.6. The van der Waals surface area contributed by atoms with Gasteiger partial charge in [0.1, 0.15) is 0 Å². The molecule has 4 saturated heterocycles. The highest BCUT2D eigenvalue weighted by molar-refractivity contribution is 5.72. The van der Waals surface area contributed by atoms with E-state index < -0.39 is 87.2 Å². The fourth-order valence-electron chi connectivity index (χ4n) is 17.8. The van der Waals surface area contributed by atoms with Gasteiger partial charge in [-0.2, -0.15) is 42.1 Å². The normalized spacial score (nSPS) is 26.8. The Morgan fingerprint density at radius 3 is 0.688 bits per heavy atom. The van der Waals surface area contributed by atoms with Gasteiger partial charge in [-0.15, -0.1) is 0 Å². The minimum atomic E-state index is -1.32. The zero-order chi connectivity index (χ0) is 70.1. The maximum absolute atomic E-state index is 11.1. The number of nitriles is 8. The average Bonchev–Trinajstić information content (AvgIpc) is 1.53. The molecule has 8 heterocycles. The van der Waals surface area contributed by atoms with Crippen molar-refractivity contribution in [2.75, 3.05) is 101 Å². The summed E-state index contributed by atoms with van der Waals surface area (Å²) in [6, 6.07) is 36.9. The zero-order valence-corrected chi connectivity index (χ0v) is 54.6. The van der Waals surface area contributed by atoms with Crippen molar-refractivity contribution in [2.24, 2.45) is 21.7 Å². The second-order valence-corrected chi connectivity index (χ2v) is 25.9. The number of nitro benzene ring substituents is 4. The lowest BCUT2D eigenvalue weighted by Crippen LogP contribution is -2.63. The van der Waals surface area contributed by atoms with Gasteiger partial charge in [0.15, 0.2) is 21.7 Å². The molecule has 4 aromatic carbocycles. The molecule has 0 unspecified atom stereocenters. The van der Waals surface area contributed by atoms with Gasteiger partial charge in [-0.25, -0.2) is 0 Å². The van der Waals surface area contributed by atoms with Crippen LogP contribution in [0.25, 0.3) is 0 Å². The van der Waals surface area contributed by atoms with E-state index in [9.17, 15) is 82.6 Å². The van der Waals surface area contributed by atoms with Gasteiger partial charge in [-0.1, -0.05) is 27.7 Å². The van der Waals surface area contributed by atoms with Gasteiger partial charge in [0, 0.05) is 150 Å². The molecule has 0 amide bonds. The van der Waals surface area contributed by atoms with Crippen LogP contribution in [0.3, 0.4) is 0 Å². The van der Waals surface area contributed by atoms with E-state index in [1.165, 1.54) is 48.5 Å². The Hall–Kier alpha value is -10.6. The van der Waals surface area contributed by atoms with Crippen LogP contribution in [0.2, 0.25) is 0 Å². The van der Waals surface area contributed by atoms with Crippen molar-refractivity contribution in [1.82, 2.24) is 0 Å². The van der Waals surface area contributed by atoms with Crippen molar-refractivity contribution in [1.29, 1.82) is 42.1 Å². The van der Waals surface area contributed by atoms with Crippen molar-refractivity contribution < 1.29 is 38.6 Å². The lowest BCUT2D eigenvalue weighted by atomic mass is 9.58. The monoisotopic (exact) mass is 1300 g/mol. The molecule has 0 bridgehead atoms. The topological polar surface area (TPSA) is 413 Å². The molecule has 0 aromatic heterocycles. The molecular weight excluding hydrogens is 1230 g/mol. The first-order chi connectivity index (χ1) is 45.9. The number of methoxy groups -OCH3 is 4. The number of rotatable bonds is 12. The highest BCUT2D eigenvalue weighted by atomic mass is 16.6. The smallest absolute Gasteiger partial charge is 0.269 e. The van der Waals surface area contributed by atoms with Crippen molar-refractivity contribution in [2.45, 2.75) is 125 Å². The summed E-state index contributed by atoms with van der Waals surface area (Å²) in [6.45, 7) is 11.1. The third-order valence-corrected chi connectivity index (χ3v) is 22.3. The van der Waals surface area contributed by atoms with Gasteiger partial charge in [0.25, 0.3) is 22.7 Å². The fourth-order valence-corrected chi connectivity index (χ4v) is 17.8. The van der Waals surface area contributed by atoms with Gasteiger partial charge in [-0.3, -0.25) is 40.5 Å². The van der Waals surface area contributed by atoms with Crippen molar-refractivity contribution in [3.8, 4) is 48.6 Å². The molecule has 496 valence electrons. The van der Waals surface area contributed by atoms with Crippen LogP contribution >= 0.6 is 0 Å². The molecule has 4 aromatic rings. The lowest BCUT2D eigenvalue weighted by Gasteiger charge is -2.53. The molecule has 12 rings (SSSR count). The molecule has 0 aliphatic carbocycles. The largest absolute Gasteiger partial charge is 0.382 e. The molecule has 28 heteroatoms. The molecule has 0 N–H and O–H groups in total. The first kappa shape index (κ1) is 69.8. The van der Waals surface area contributed by atoms with Crippen molar-refractivity contribution in [3.05, 3.63) is 136 Å². The Balaban J connectivity index is 0.000000150. The number of nitrogens with zero attached hydrogens (tertiary/aromatic N) is 16. The minimum absolute atomic E-state index is 0.0242. The number of ether oxygens (including phenoxy) is 4. The first-order valence-electron chi connectivity index (χ1n) is 31.4. The molecule has 0 radical (unpaired) electrons. The van der Waals surface area contributed by atoms with E-state index in [-0.39, 0.29) is 49.2 Å². The molecule has 8 atom stereocenters. The molecule has 96 heavy (non-hydrogen) atoms. The number of non-ortho nitro benzene ring substituents is 4. The fraction of sp³-hybridized carbons (Fsp3) is 0.529. The lowest BCUT2D eigenvalue weighted by molar-refractivity contribution is -0.385. The summed E-state index contributed by atoms with van der Waals surface area (Å²) in [5.74, 6) is -1.81. The van der Waals surface area contributed by atoms with E-state index in [0.29, 0.717) is 74.1 Å². The van der Waals surface area contributed by atoms with E-state index in [0.717, 1.165) is 48.4 Å². The summed E-state index contributed by atoms with van der Waals surface area (Å²) in [5.41, 5.74) is -2.10. The van der Waals surface area contributed by atoms with E-state index >= 15 is 0 Å². The summed E-state index contributed by atoms with van der Waals surface area (Å²) >= 11 is 0. The molecule has 28 nitrogen and oxygen atoms in total. The maximum Gasteiger partial charge on any atom is 0.269 e. The molecule has 8 aliphatic heterocycles. The second kappa shape index (κ2) is 26.3. The third-order valence-electron chi connectivity index (χ3n) is 22.3. The van der Waals surface area contributed by atoms with Crippen LogP contribution in [-0.2, 0) is 18.9 Å². The summed E-state index contributed by atoms with van der Waals surface area (Å²) in [4.78, 5) is 50.9. The van der Waals surface area contributed by atoms with Gasteiger partial charge in [0.2, 0.25) is 0 Å². The number of fused-ring (bicyclic) bond motifs is 12. The molecule has 0 spiro atoms. The highest BCUT2D eigenvalue weighted by Crippen LogP contribution is 2.63. The predicted molar refractivity (Wildman–Crippen MR) is 345 cm³/mol. The van der Waals surface area contributed by atoms with E-state index in [2.05, 4.69) is 68.2 Å². The number of hydrogen-bond acceptors (Lipinski definition) is 24. The Labute approximate surface area is 555 Å². The van der Waals surface area contributed by atoms with Crippen LogP contribution in [0.5, 0.6) is 0 Å². The maximum atomic E-state index is 11.1. The Bertz CT molecular complexity index is 3590. The summed E-state index contributed by atoms with van der Waals surface area (Å²) < 4.78 is 21.7. The average molecular weight is 1310 g/mol. The molecule has 4 fully saturated rings. The standard InChI is InChI=1S/4C17H18N4O3/c4*1-12-14-8-13(21(22)23)4-5-15(14)20-7-3-6-17(20,11-24-2)16(12,9-18)10-19/h4*4-5,8,12H,3,6-7,11H2,1-2H3/t4*12-,17+/m1111/s1. The quantitative estimate of drug-likeness (QED) is 0.0939. The SMILES string of the molecule is COC[C@]12CCCN1c1ccc([N+](=O)[O-])cc1[C@@H](C)C2(C#N)C#N.COC[C@]12CCCN1c1ccc([N+](=O)[O-])cc1[C@@H](C)C2(C#N)C#N.COC[C@]12CCCN1c1ccc([N+](=O)[O-])cc1[C@@H](C)C2(C#N)C#N.COC[C@]12CCCN1c1ccc([N+](=O)[O-])cc1[C@@H](C)C2(C#N)C#N. The predicted octanol–water partition coefficient (Wildman–Crippen LogP) is 10.9. The number of nitro groups is 4. The molecule has 8 aliphatic rings. The van der Waals surface area contributed by atoms with Crippen LogP contribution in [0, 0.1) is 153 Å². The van der Waals surface area contributed by atoms with Crippen LogP contribution in [0.15, 0.2) is 72.8 Å². The number of hydrogen-bond donors (Lipinski definition) is 0. The van der Waals surface area contributed by atoms with Crippen molar-refractivity contribution in [3.63, 3.8) is 0 Å². The Morgan fingerprint density at radius 1 is 0.365 bits per heavy atom. The first-order valence-corrected chi connectivity index (χ1v) is 31.4. The van der Waals surface area contributed by atoms with Gasteiger partial charge < -0.3 is 38.5 Å². The van der Waals surface area contributed by atoms with Crippen LogP contribution in [0.4, 0.5) is 45.5 Å². The molecule has 0 saturated carbocycles. The van der Waals surface area contributed by atoms with Crippen LogP contribution in [-0.4, -0.2) is 123 Å². The molecular formula is C68H72N16O12. The van der Waals surface area contributed by atoms with Gasteiger partial charge in [0.05, 0.1) is 117 Å². The van der Waals surface area contributed by atoms with E-state index in [1.807, 2.05) is 27.7 Å². The Kier molecular flexibility index (Phi) is 19.1. The Morgan fingerprint density at radius 2 is 0.542 bits per heavy atom. The minimum Gasteiger partial charge on any atom is -0.382 e. The van der Waals surface area contributed by atoms with E-state index in [1.54, 1.807) is 52.7 Å². The van der Waals surface area contributed by atoms with Crippen molar-refractivity contribution >= 4 is 45.5 Å². The van der Waals surface area contributed by atoms with E-state index in [4.69, 9.17) is 18.9 Å². The van der Waals surface area contributed by atoms with Crippen LogP contribution in [0.1, 0.15) is 125 Å². The summed E-state index contributed by atoms with van der Waals surface area (Å²) in [5, 5.41) is 124. The summed E-state index contributed by atoms with van der Waals surface area (Å²) in [7, 11) is 6.28. The number of benzene rings is 4. The van der Waals surface area contributed by atoms with Gasteiger partial charge in [-0.05, 0) is 97.9 Å².